The van der Waals surface area contributed by atoms with Crippen LogP contribution in [0.25, 0.3) is 0 Å². The summed E-state index contributed by atoms with van der Waals surface area (Å²) >= 11 is 0. The SMILES string of the molecule is O=C(NCC1CC1)C1CCC2(CCN(C(=O)c3ccncc3)CC2)O1.O=C(O)C(F)(F)F. The van der Waals surface area contributed by atoms with E-state index in [0.29, 0.717) is 24.6 Å². The minimum atomic E-state index is -5.08. The number of nitrogens with one attached hydrogen (secondary N) is 1. The Bertz CT molecular complexity index is 822. The molecule has 0 aromatic carbocycles. The number of alkyl halides is 3. The van der Waals surface area contributed by atoms with Crippen LogP contribution in [0.2, 0.25) is 0 Å². The van der Waals surface area contributed by atoms with Crippen LogP contribution in [0.1, 0.15) is 48.9 Å². The molecule has 1 aromatic rings. The summed E-state index contributed by atoms with van der Waals surface area (Å²) in [6.45, 7) is 2.15. The van der Waals surface area contributed by atoms with Crippen molar-refractivity contribution in [2.24, 2.45) is 5.92 Å². The smallest absolute Gasteiger partial charge is 0.475 e. The van der Waals surface area contributed by atoms with Crippen LogP contribution in [0.3, 0.4) is 0 Å². The molecule has 2 amide bonds. The van der Waals surface area contributed by atoms with Gasteiger partial charge in [0.2, 0.25) is 5.91 Å². The monoisotopic (exact) mass is 457 g/mol. The van der Waals surface area contributed by atoms with Crippen molar-refractivity contribution in [2.45, 2.75) is 56.4 Å². The minimum Gasteiger partial charge on any atom is -0.475 e. The standard InChI is InChI=1S/C19H25N3O3.C2HF3O2/c23-17(21-13-14-1-2-14)16-3-6-19(25-16)7-11-22(12-8-19)18(24)15-4-9-20-10-5-15;3-2(4,5)1(6)7/h4-5,9-10,14,16H,1-3,6-8,11-13H2,(H,21,23);(H,6,7). The molecule has 2 saturated heterocycles. The third-order valence-corrected chi connectivity index (χ3v) is 5.94. The average molecular weight is 457 g/mol. The number of piperidine rings is 1. The fraction of sp³-hybridized carbons (Fsp3) is 0.619. The molecule has 176 valence electrons. The maximum Gasteiger partial charge on any atom is 0.490 e. The highest BCUT2D eigenvalue weighted by atomic mass is 19.4. The minimum absolute atomic E-state index is 0.0408. The molecule has 2 N–H and O–H groups in total. The largest absolute Gasteiger partial charge is 0.490 e. The number of pyridine rings is 1. The Morgan fingerprint density at radius 2 is 1.72 bits per heavy atom. The van der Waals surface area contributed by atoms with Gasteiger partial charge in [0.25, 0.3) is 5.91 Å². The van der Waals surface area contributed by atoms with E-state index in [0.717, 1.165) is 32.2 Å². The first-order valence-corrected chi connectivity index (χ1v) is 10.5. The number of carboxylic acids is 1. The Morgan fingerprint density at radius 1 is 1.12 bits per heavy atom. The van der Waals surface area contributed by atoms with Crippen molar-refractivity contribution in [1.29, 1.82) is 0 Å². The molecular formula is C21H26F3N3O5. The summed E-state index contributed by atoms with van der Waals surface area (Å²) in [5, 5.41) is 10.1. The van der Waals surface area contributed by atoms with Gasteiger partial charge in [0, 0.05) is 37.6 Å². The first-order valence-electron chi connectivity index (χ1n) is 10.5. The lowest BCUT2D eigenvalue weighted by Crippen LogP contribution is -2.47. The van der Waals surface area contributed by atoms with Crippen molar-refractivity contribution in [3.05, 3.63) is 30.1 Å². The molecule has 1 spiro atoms. The number of halogens is 3. The van der Waals surface area contributed by atoms with E-state index in [2.05, 4.69) is 10.3 Å². The van der Waals surface area contributed by atoms with Gasteiger partial charge in [-0.25, -0.2) is 4.79 Å². The van der Waals surface area contributed by atoms with Crippen LogP contribution >= 0.6 is 0 Å². The topological polar surface area (TPSA) is 109 Å². The molecule has 1 unspecified atom stereocenters. The molecule has 2 aliphatic heterocycles. The van der Waals surface area contributed by atoms with E-state index < -0.39 is 12.1 Å². The first-order chi connectivity index (χ1) is 15.1. The van der Waals surface area contributed by atoms with E-state index in [1.165, 1.54) is 12.8 Å². The van der Waals surface area contributed by atoms with E-state index >= 15 is 0 Å². The molecule has 3 heterocycles. The van der Waals surface area contributed by atoms with Crippen molar-refractivity contribution in [2.75, 3.05) is 19.6 Å². The molecule has 1 aliphatic carbocycles. The van der Waals surface area contributed by atoms with E-state index in [4.69, 9.17) is 14.6 Å². The lowest BCUT2D eigenvalue weighted by molar-refractivity contribution is -0.192. The van der Waals surface area contributed by atoms with Gasteiger partial charge in [0.05, 0.1) is 5.60 Å². The molecule has 4 rings (SSSR count). The average Bonchev–Trinajstić information content (AvgIpc) is 3.52. The van der Waals surface area contributed by atoms with Crippen molar-refractivity contribution in [3.8, 4) is 0 Å². The van der Waals surface area contributed by atoms with E-state index in [1.807, 2.05) is 4.90 Å². The zero-order chi connectivity index (χ0) is 23.4. The fourth-order valence-electron chi connectivity index (χ4n) is 3.84. The van der Waals surface area contributed by atoms with Crippen LogP contribution in [0.4, 0.5) is 13.2 Å². The molecule has 3 aliphatic rings. The lowest BCUT2D eigenvalue weighted by Gasteiger charge is -2.39. The first kappa shape index (κ1) is 24.0. The number of carbonyl (C=O) groups is 3. The summed E-state index contributed by atoms with van der Waals surface area (Å²) < 4.78 is 37.9. The van der Waals surface area contributed by atoms with Crippen LogP contribution in [0.5, 0.6) is 0 Å². The molecule has 3 fully saturated rings. The van der Waals surface area contributed by atoms with Crippen LogP contribution in [0, 0.1) is 5.92 Å². The number of amides is 2. The number of carbonyl (C=O) groups excluding carboxylic acids is 2. The van der Waals surface area contributed by atoms with Gasteiger partial charge in [-0.3, -0.25) is 14.6 Å². The van der Waals surface area contributed by atoms with Gasteiger partial charge in [0.1, 0.15) is 6.10 Å². The van der Waals surface area contributed by atoms with E-state index in [-0.39, 0.29) is 23.5 Å². The molecule has 0 radical (unpaired) electrons. The Hall–Kier alpha value is -2.69. The van der Waals surface area contributed by atoms with Crippen LogP contribution in [-0.2, 0) is 14.3 Å². The molecular weight excluding hydrogens is 431 g/mol. The molecule has 1 aromatic heterocycles. The number of likely N-dealkylation sites (tertiary alicyclic amines) is 1. The number of aliphatic carboxylic acids is 1. The summed E-state index contributed by atoms with van der Waals surface area (Å²) in [6.07, 6.45) is 3.65. The Morgan fingerprint density at radius 3 is 2.25 bits per heavy atom. The van der Waals surface area contributed by atoms with Crippen LogP contribution in [0.15, 0.2) is 24.5 Å². The quantitative estimate of drug-likeness (QED) is 0.719. The second kappa shape index (κ2) is 9.85. The molecule has 1 atom stereocenters. The number of ether oxygens (including phenoxy) is 1. The maximum atomic E-state index is 12.5. The fourth-order valence-corrected chi connectivity index (χ4v) is 3.84. The number of carboxylic acid groups (broad SMARTS) is 1. The zero-order valence-electron chi connectivity index (χ0n) is 17.4. The number of hydrogen-bond acceptors (Lipinski definition) is 5. The highest BCUT2D eigenvalue weighted by Crippen LogP contribution is 2.39. The zero-order valence-corrected chi connectivity index (χ0v) is 17.4. The predicted molar refractivity (Wildman–Crippen MR) is 106 cm³/mol. The van der Waals surface area contributed by atoms with Crippen molar-refractivity contribution >= 4 is 17.8 Å². The van der Waals surface area contributed by atoms with Crippen LogP contribution in [-0.4, -0.2) is 70.3 Å². The highest BCUT2D eigenvalue weighted by molar-refractivity contribution is 5.94. The number of aromatic nitrogens is 1. The molecule has 8 nitrogen and oxygen atoms in total. The Balaban J connectivity index is 0.000000360. The maximum absolute atomic E-state index is 12.5. The molecule has 32 heavy (non-hydrogen) atoms. The Labute approximate surface area is 183 Å². The normalized spacial score (nSPS) is 22.1. The number of hydrogen-bond donors (Lipinski definition) is 2. The summed E-state index contributed by atoms with van der Waals surface area (Å²) in [4.78, 5) is 39.5. The third-order valence-electron chi connectivity index (χ3n) is 5.94. The van der Waals surface area contributed by atoms with Crippen molar-refractivity contribution < 1.29 is 37.4 Å². The molecule has 1 saturated carbocycles. The van der Waals surface area contributed by atoms with Crippen molar-refractivity contribution in [3.63, 3.8) is 0 Å². The van der Waals surface area contributed by atoms with E-state index in [1.54, 1.807) is 24.5 Å². The summed E-state index contributed by atoms with van der Waals surface area (Å²) in [7, 11) is 0. The second-order valence-corrected chi connectivity index (χ2v) is 8.35. The third kappa shape index (κ3) is 6.41. The van der Waals surface area contributed by atoms with Gasteiger partial charge < -0.3 is 20.1 Å². The Kier molecular flexibility index (Phi) is 7.37. The van der Waals surface area contributed by atoms with Gasteiger partial charge >= 0.3 is 12.1 Å². The van der Waals surface area contributed by atoms with Crippen LogP contribution < -0.4 is 5.32 Å². The van der Waals surface area contributed by atoms with E-state index in [9.17, 15) is 22.8 Å². The number of nitrogens with zero attached hydrogens (tertiary/aromatic N) is 2. The van der Waals surface area contributed by atoms with Gasteiger partial charge in [-0.2, -0.15) is 13.2 Å². The summed E-state index contributed by atoms with van der Waals surface area (Å²) in [6, 6.07) is 3.50. The van der Waals surface area contributed by atoms with Gasteiger partial charge in [-0.1, -0.05) is 0 Å². The molecule has 11 heteroatoms. The lowest BCUT2D eigenvalue weighted by atomic mass is 9.88. The predicted octanol–water partition coefficient (Wildman–Crippen LogP) is 2.39. The highest BCUT2D eigenvalue weighted by Gasteiger charge is 2.45. The van der Waals surface area contributed by atoms with Crippen molar-refractivity contribution in [1.82, 2.24) is 15.2 Å². The summed E-state index contributed by atoms with van der Waals surface area (Å²) in [5.74, 6) is -1.98. The summed E-state index contributed by atoms with van der Waals surface area (Å²) in [5.41, 5.74) is 0.451. The second-order valence-electron chi connectivity index (χ2n) is 8.35. The molecule has 0 bridgehead atoms. The van der Waals surface area contributed by atoms with Gasteiger partial charge in [0.15, 0.2) is 0 Å². The van der Waals surface area contributed by atoms with Gasteiger partial charge in [-0.05, 0) is 56.6 Å². The van der Waals surface area contributed by atoms with Gasteiger partial charge in [-0.15, -0.1) is 0 Å². The number of rotatable bonds is 4.